The lowest BCUT2D eigenvalue weighted by molar-refractivity contribution is -0.125. The van der Waals surface area contributed by atoms with E-state index in [1.165, 1.54) is 22.1 Å². The summed E-state index contributed by atoms with van der Waals surface area (Å²) in [5, 5.41) is 3.79. The molecule has 1 aromatic heterocycles. The number of nitrogens with zero attached hydrogens (tertiary/aromatic N) is 3. The molecule has 1 saturated heterocycles. The third-order valence-electron chi connectivity index (χ3n) is 5.79. The van der Waals surface area contributed by atoms with Crippen LogP contribution in [0.25, 0.3) is 0 Å². The second-order valence-electron chi connectivity index (χ2n) is 8.16. The first-order valence-corrected chi connectivity index (χ1v) is 11.6. The Morgan fingerprint density at radius 2 is 1.91 bits per heavy atom. The number of carbonyl (C=O) groups excluding carboxylic acids is 1. The average molecular weight is 451 g/mol. The van der Waals surface area contributed by atoms with Crippen LogP contribution in [0.2, 0.25) is 0 Å². The van der Waals surface area contributed by atoms with Gasteiger partial charge in [0.15, 0.2) is 0 Å². The molecule has 1 N–H and O–H groups in total. The average Bonchev–Trinajstić information content (AvgIpc) is 2.81. The Labute approximate surface area is 192 Å². The maximum absolute atomic E-state index is 13.8. The smallest absolute Gasteiger partial charge is 0.223 e. The molecular weight excluding hydrogens is 423 g/mol. The molecule has 0 aliphatic carbocycles. The summed E-state index contributed by atoms with van der Waals surface area (Å²) in [7, 11) is 0. The number of aromatic nitrogens is 2. The van der Waals surface area contributed by atoms with Gasteiger partial charge >= 0.3 is 0 Å². The van der Waals surface area contributed by atoms with E-state index in [4.69, 9.17) is 0 Å². The van der Waals surface area contributed by atoms with Gasteiger partial charge in [-0.05, 0) is 49.9 Å². The number of halogens is 1. The number of piperidine rings is 1. The lowest BCUT2D eigenvalue weighted by Crippen LogP contribution is -2.40. The summed E-state index contributed by atoms with van der Waals surface area (Å²) in [6, 6.07) is 15.0. The van der Waals surface area contributed by atoms with Crippen LogP contribution in [0.4, 0.5) is 10.2 Å². The molecule has 2 heterocycles. The maximum atomic E-state index is 13.8. The Kier molecular flexibility index (Phi) is 7.05. The first-order chi connectivity index (χ1) is 15.5. The zero-order valence-corrected chi connectivity index (χ0v) is 19.2. The maximum Gasteiger partial charge on any atom is 0.223 e. The fraction of sp³-hybridized carbons (Fsp3) is 0.320. The van der Waals surface area contributed by atoms with Crippen LogP contribution < -0.4 is 10.2 Å². The van der Waals surface area contributed by atoms with Crippen LogP contribution in [0.5, 0.6) is 0 Å². The van der Waals surface area contributed by atoms with Crippen LogP contribution >= 0.6 is 11.8 Å². The fourth-order valence-electron chi connectivity index (χ4n) is 3.83. The van der Waals surface area contributed by atoms with E-state index in [9.17, 15) is 9.18 Å². The largest absolute Gasteiger partial charge is 0.356 e. The SMILES string of the molecule is Cc1ccc(C)c(Sc2cc(N3CCC(C(=O)NCc4ccccc4F)CC3)ncn2)c1. The Morgan fingerprint density at radius 1 is 1.12 bits per heavy atom. The molecule has 1 aliphatic heterocycles. The highest BCUT2D eigenvalue weighted by Crippen LogP contribution is 2.31. The van der Waals surface area contributed by atoms with E-state index in [0.29, 0.717) is 5.56 Å². The second-order valence-corrected chi connectivity index (χ2v) is 9.22. The Bertz CT molecular complexity index is 1100. The van der Waals surface area contributed by atoms with Crippen LogP contribution in [0.3, 0.4) is 0 Å². The van der Waals surface area contributed by atoms with E-state index < -0.39 is 0 Å². The van der Waals surface area contributed by atoms with Crippen molar-refractivity contribution in [1.29, 1.82) is 0 Å². The lowest BCUT2D eigenvalue weighted by atomic mass is 9.96. The highest BCUT2D eigenvalue weighted by molar-refractivity contribution is 7.99. The quantitative estimate of drug-likeness (QED) is 0.541. The molecule has 0 bridgehead atoms. The third-order valence-corrected chi connectivity index (χ3v) is 6.88. The summed E-state index contributed by atoms with van der Waals surface area (Å²) in [5.41, 5.74) is 2.96. The minimum absolute atomic E-state index is 0.0123. The van der Waals surface area contributed by atoms with Gasteiger partial charge in [-0.3, -0.25) is 4.79 Å². The van der Waals surface area contributed by atoms with Crippen molar-refractivity contribution in [3.05, 3.63) is 77.4 Å². The molecule has 1 fully saturated rings. The first-order valence-electron chi connectivity index (χ1n) is 10.8. The van der Waals surface area contributed by atoms with Crippen molar-refractivity contribution in [3.63, 3.8) is 0 Å². The number of nitrogens with one attached hydrogen (secondary N) is 1. The number of benzene rings is 2. The molecule has 32 heavy (non-hydrogen) atoms. The predicted molar refractivity (Wildman–Crippen MR) is 125 cm³/mol. The van der Waals surface area contributed by atoms with Crippen molar-refractivity contribution < 1.29 is 9.18 Å². The number of amides is 1. The van der Waals surface area contributed by atoms with Gasteiger partial charge in [-0.15, -0.1) is 0 Å². The van der Waals surface area contributed by atoms with Gasteiger partial charge in [0.2, 0.25) is 5.91 Å². The summed E-state index contributed by atoms with van der Waals surface area (Å²) < 4.78 is 13.8. The van der Waals surface area contributed by atoms with E-state index in [1.54, 1.807) is 36.3 Å². The molecule has 0 unspecified atom stereocenters. The number of carbonyl (C=O) groups is 1. The van der Waals surface area contributed by atoms with Crippen molar-refractivity contribution in [1.82, 2.24) is 15.3 Å². The molecule has 5 nitrogen and oxygen atoms in total. The summed E-state index contributed by atoms with van der Waals surface area (Å²) >= 11 is 1.65. The second kappa shape index (κ2) is 10.1. The molecule has 0 spiro atoms. The summed E-state index contributed by atoms with van der Waals surface area (Å²) in [6.45, 7) is 5.92. The number of hydrogen-bond donors (Lipinski definition) is 1. The number of hydrogen-bond acceptors (Lipinski definition) is 5. The van der Waals surface area contributed by atoms with E-state index in [1.807, 2.05) is 6.07 Å². The van der Waals surface area contributed by atoms with Gasteiger partial charge in [-0.25, -0.2) is 14.4 Å². The molecular formula is C25H27FN4OS. The molecule has 7 heteroatoms. The summed E-state index contributed by atoms with van der Waals surface area (Å²) in [4.78, 5) is 24.9. The van der Waals surface area contributed by atoms with Gasteiger partial charge in [0.05, 0.1) is 0 Å². The van der Waals surface area contributed by atoms with Crippen molar-refractivity contribution >= 4 is 23.5 Å². The number of anilines is 1. The minimum Gasteiger partial charge on any atom is -0.356 e. The first kappa shape index (κ1) is 22.3. The standard InChI is InChI=1S/C25H27FN4OS/c1-17-7-8-18(2)22(13-17)32-24-14-23(28-16-29-24)30-11-9-19(10-12-30)25(31)27-15-20-5-3-4-6-21(20)26/h3-8,13-14,16,19H,9-12,15H2,1-2H3,(H,27,31). The van der Waals surface area contributed by atoms with E-state index in [2.05, 4.69) is 52.2 Å². The Hall–Kier alpha value is -2.93. The van der Waals surface area contributed by atoms with Gasteiger partial charge < -0.3 is 10.2 Å². The fourth-order valence-corrected chi connectivity index (χ4v) is 4.79. The lowest BCUT2D eigenvalue weighted by Gasteiger charge is -2.32. The minimum atomic E-state index is -0.291. The topological polar surface area (TPSA) is 58.1 Å². The van der Waals surface area contributed by atoms with Crippen molar-refractivity contribution in [3.8, 4) is 0 Å². The summed E-state index contributed by atoms with van der Waals surface area (Å²) in [6.07, 6.45) is 3.09. The Balaban J connectivity index is 1.33. The normalized spacial score (nSPS) is 14.4. The zero-order valence-electron chi connectivity index (χ0n) is 18.3. The molecule has 3 aromatic rings. The van der Waals surface area contributed by atoms with Crippen LogP contribution in [0.15, 0.2) is 64.8 Å². The number of aryl methyl sites for hydroxylation is 2. The molecule has 4 rings (SSSR count). The number of rotatable bonds is 6. The highest BCUT2D eigenvalue weighted by atomic mass is 32.2. The predicted octanol–water partition coefficient (Wildman–Crippen LogP) is 4.92. The molecule has 1 amide bonds. The van der Waals surface area contributed by atoms with Gasteiger partial charge in [0, 0.05) is 42.1 Å². The molecule has 0 atom stereocenters. The monoisotopic (exact) mass is 450 g/mol. The van der Waals surface area contributed by atoms with Crippen molar-refractivity contribution in [2.75, 3.05) is 18.0 Å². The van der Waals surface area contributed by atoms with E-state index in [-0.39, 0.29) is 24.2 Å². The van der Waals surface area contributed by atoms with Crippen LogP contribution in [-0.2, 0) is 11.3 Å². The van der Waals surface area contributed by atoms with Gasteiger partial charge in [-0.2, -0.15) is 0 Å². The van der Waals surface area contributed by atoms with Crippen LogP contribution in [0.1, 0.15) is 29.5 Å². The van der Waals surface area contributed by atoms with Crippen LogP contribution in [0, 0.1) is 25.6 Å². The molecule has 1 aliphatic rings. The summed E-state index contributed by atoms with van der Waals surface area (Å²) in [5.74, 6) is 0.518. The van der Waals surface area contributed by atoms with Crippen molar-refractivity contribution in [2.24, 2.45) is 5.92 Å². The Morgan fingerprint density at radius 3 is 2.69 bits per heavy atom. The molecule has 2 aromatic carbocycles. The molecule has 0 radical (unpaired) electrons. The van der Waals surface area contributed by atoms with Gasteiger partial charge in [0.25, 0.3) is 0 Å². The van der Waals surface area contributed by atoms with E-state index in [0.717, 1.165) is 36.8 Å². The highest BCUT2D eigenvalue weighted by Gasteiger charge is 2.26. The molecule has 166 valence electrons. The van der Waals surface area contributed by atoms with Crippen molar-refractivity contribution in [2.45, 2.75) is 43.2 Å². The van der Waals surface area contributed by atoms with Gasteiger partial charge in [-0.1, -0.05) is 42.1 Å². The van der Waals surface area contributed by atoms with Crippen LogP contribution in [-0.4, -0.2) is 29.0 Å². The van der Waals surface area contributed by atoms with E-state index >= 15 is 0 Å². The molecule has 0 saturated carbocycles. The zero-order chi connectivity index (χ0) is 22.5. The van der Waals surface area contributed by atoms with Gasteiger partial charge in [0.1, 0.15) is 23.0 Å². The third kappa shape index (κ3) is 5.46.